The summed E-state index contributed by atoms with van der Waals surface area (Å²) in [5, 5.41) is 3.33. The van der Waals surface area contributed by atoms with Crippen LogP contribution in [0.1, 0.15) is 22.2 Å². The van der Waals surface area contributed by atoms with Crippen molar-refractivity contribution in [2.75, 3.05) is 26.6 Å². The van der Waals surface area contributed by atoms with Gasteiger partial charge in [-0.2, -0.15) is 0 Å². The van der Waals surface area contributed by atoms with Crippen LogP contribution in [0.25, 0.3) is 0 Å². The highest BCUT2D eigenvalue weighted by Gasteiger charge is 2.16. The first-order valence-corrected chi connectivity index (χ1v) is 8.10. The maximum absolute atomic E-state index is 12.5. The van der Waals surface area contributed by atoms with Gasteiger partial charge in [0.05, 0.1) is 24.1 Å². The molecule has 6 nitrogen and oxygen atoms in total. The van der Waals surface area contributed by atoms with Crippen molar-refractivity contribution in [3.8, 4) is 11.5 Å². The highest BCUT2D eigenvalue weighted by Crippen LogP contribution is 2.28. The number of hydrogen-bond acceptors (Lipinski definition) is 5. The molecule has 0 unspecified atom stereocenters. The minimum absolute atomic E-state index is 0.105. The molecule has 1 heterocycles. The zero-order valence-corrected chi connectivity index (χ0v) is 14.9. The van der Waals surface area contributed by atoms with Crippen LogP contribution < -0.4 is 14.8 Å². The number of hydrogen-bond donors (Lipinski definition) is 1. The van der Waals surface area contributed by atoms with Gasteiger partial charge in [-0.25, -0.2) is 0 Å². The predicted molar refractivity (Wildman–Crippen MR) is 94.0 cm³/mol. The maximum Gasteiger partial charge on any atom is 0.264 e. The van der Waals surface area contributed by atoms with E-state index in [0.29, 0.717) is 27.9 Å². The summed E-state index contributed by atoms with van der Waals surface area (Å²) in [4.78, 5) is 25.7. The van der Waals surface area contributed by atoms with E-state index < -0.39 is 0 Å². The van der Waals surface area contributed by atoms with Gasteiger partial charge in [0.2, 0.25) is 5.91 Å². The minimum atomic E-state index is -0.158. The highest BCUT2D eigenvalue weighted by molar-refractivity contribution is 7.18. The first-order valence-electron chi connectivity index (χ1n) is 7.28. The predicted octanol–water partition coefficient (Wildman–Crippen LogP) is 3.00. The summed E-state index contributed by atoms with van der Waals surface area (Å²) >= 11 is 1.25. The van der Waals surface area contributed by atoms with Crippen molar-refractivity contribution in [3.63, 3.8) is 0 Å². The lowest BCUT2D eigenvalue weighted by atomic mass is 10.2. The Kier molecular flexibility index (Phi) is 5.81. The Morgan fingerprint density at radius 3 is 2.46 bits per heavy atom. The number of amides is 2. The molecular formula is C17H20N2O4S. The molecule has 24 heavy (non-hydrogen) atoms. The number of anilines is 1. The topological polar surface area (TPSA) is 67.9 Å². The van der Waals surface area contributed by atoms with Crippen molar-refractivity contribution in [3.05, 3.63) is 40.8 Å². The smallest absolute Gasteiger partial charge is 0.264 e. The van der Waals surface area contributed by atoms with Crippen LogP contribution in [0.15, 0.2) is 30.3 Å². The fourth-order valence-corrected chi connectivity index (χ4v) is 3.15. The molecule has 0 bridgehead atoms. The van der Waals surface area contributed by atoms with Crippen molar-refractivity contribution >= 4 is 28.2 Å². The van der Waals surface area contributed by atoms with Gasteiger partial charge < -0.3 is 19.7 Å². The molecule has 0 aliphatic rings. The number of rotatable bonds is 6. The molecule has 0 aliphatic carbocycles. The molecule has 128 valence electrons. The standard InChI is InChI=1S/C17H20N2O4S/c1-11(20)18-16-8-7-15(24-16)17(21)19(2)10-12-5-6-13(22-3)14(9-12)23-4/h5-9H,10H2,1-4H3,(H,18,20). The Balaban J connectivity index is 2.08. The van der Waals surface area contributed by atoms with Gasteiger partial charge in [-0.05, 0) is 29.8 Å². The highest BCUT2D eigenvalue weighted by atomic mass is 32.1. The largest absolute Gasteiger partial charge is 0.493 e. The number of methoxy groups -OCH3 is 2. The number of ether oxygens (including phenoxy) is 2. The summed E-state index contributed by atoms with van der Waals surface area (Å²) in [7, 11) is 4.89. The number of nitrogens with zero attached hydrogens (tertiary/aromatic N) is 1. The summed E-state index contributed by atoms with van der Waals surface area (Å²) in [5.41, 5.74) is 0.933. The van der Waals surface area contributed by atoms with Crippen LogP contribution in [0.4, 0.5) is 5.00 Å². The zero-order valence-electron chi connectivity index (χ0n) is 14.1. The molecule has 2 amide bonds. The van der Waals surface area contributed by atoms with Crippen molar-refractivity contribution in [2.24, 2.45) is 0 Å². The van der Waals surface area contributed by atoms with Crippen molar-refractivity contribution in [1.29, 1.82) is 0 Å². The lowest BCUT2D eigenvalue weighted by Crippen LogP contribution is -2.25. The van der Waals surface area contributed by atoms with E-state index in [1.807, 2.05) is 18.2 Å². The van der Waals surface area contributed by atoms with Crippen molar-refractivity contribution < 1.29 is 19.1 Å². The maximum atomic E-state index is 12.5. The summed E-state index contributed by atoms with van der Waals surface area (Å²) in [6.07, 6.45) is 0. The third-order valence-corrected chi connectivity index (χ3v) is 4.32. The summed E-state index contributed by atoms with van der Waals surface area (Å²) in [5.74, 6) is 1.01. The van der Waals surface area contributed by atoms with E-state index in [0.717, 1.165) is 5.56 Å². The number of carbonyl (C=O) groups is 2. The number of benzene rings is 1. The summed E-state index contributed by atoms with van der Waals surface area (Å²) < 4.78 is 10.5. The lowest BCUT2D eigenvalue weighted by Gasteiger charge is -2.17. The molecule has 0 saturated carbocycles. The Morgan fingerprint density at radius 2 is 1.83 bits per heavy atom. The summed E-state index contributed by atoms with van der Waals surface area (Å²) in [6, 6.07) is 8.99. The molecular weight excluding hydrogens is 328 g/mol. The normalized spacial score (nSPS) is 10.2. The molecule has 0 atom stereocenters. The van der Waals surface area contributed by atoms with E-state index in [4.69, 9.17) is 9.47 Å². The molecule has 2 rings (SSSR count). The molecule has 7 heteroatoms. The zero-order chi connectivity index (χ0) is 17.7. The van der Waals surface area contributed by atoms with Gasteiger partial charge in [-0.15, -0.1) is 11.3 Å². The van der Waals surface area contributed by atoms with Crippen LogP contribution in [-0.4, -0.2) is 38.0 Å². The van der Waals surface area contributed by atoms with Gasteiger partial charge in [-0.1, -0.05) is 6.07 Å². The van der Waals surface area contributed by atoms with E-state index in [-0.39, 0.29) is 11.8 Å². The minimum Gasteiger partial charge on any atom is -0.493 e. The number of nitrogens with one attached hydrogen (secondary N) is 1. The van der Waals surface area contributed by atoms with Crippen LogP contribution in [-0.2, 0) is 11.3 Å². The van der Waals surface area contributed by atoms with Gasteiger partial charge in [0.15, 0.2) is 11.5 Å². The van der Waals surface area contributed by atoms with Gasteiger partial charge in [0.1, 0.15) is 0 Å². The fourth-order valence-electron chi connectivity index (χ4n) is 2.21. The fraction of sp³-hybridized carbons (Fsp3) is 0.294. The van der Waals surface area contributed by atoms with Gasteiger partial charge in [-0.3, -0.25) is 9.59 Å². The SMILES string of the molecule is COc1ccc(CN(C)C(=O)c2ccc(NC(C)=O)s2)cc1OC. The Morgan fingerprint density at radius 1 is 1.12 bits per heavy atom. The average Bonchev–Trinajstić information content (AvgIpc) is 3.01. The van der Waals surface area contributed by atoms with E-state index >= 15 is 0 Å². The first kappa shape index (κ1) is 17.8. The van der Waals surface area contributed by atoms with Gasteiger partial charge >= 0.3 is 0 Å². The van der Waals surface area contributed by atoms with Gasteiger partial charge in [0.25, 0.3) is 5.91 Å². The van der Waals surface area contributed by atoms with E-state index in [1.165, 1.54) is 18.3 Å². The molecule has 2 aromatic rings. The van der Waals surface area contributed by atoms with Gasteiger partial charge in [0, 0.05) is 20.5 Å². The second kappa shape index (κ2) is 7.83. The second-order valence-electron chi connectivity index (χ2n) is 5.20. The average molecular weight is 348 g/mol. The molecule has 0 saturated heterocycles. The summed E-state index contributed by atoms with van der Waals surface area (Å²) in [6.45, 7) is 1.87. The van der Waals surface area contributed by atoms with E-state index in [9.17, 15) is 9.59 Å². The molecule has 0 spiro atoms. The molecule has 0 radical (unpaired) electrons. The lowest BCUT2D eigenvalue weighted by molar-refractivity contribution is -0.114. The molecule has 0 aliphatic heterocycles. The second-order valence-corrected chi connectivity index (χ2v) is 6.28. The molecule has 1 N–H and O–H groups in total. The van der Waals surface area contributed by atoms with Crippen molar-refractivity contribution in [2.45, 2.75) is 13.5 Å². The van der Waals surface area contributed by atoms with E-state index in [1.54, 1.807) is 38.3 Å². The first-order chi connectivity index (χ1) is 11.4. The van der Waals surface area contributed by atoms with Crippen LogP contribution in [0.3, 0.4) is 0 Å². The quantitative estimate of drug-likeness (QED) is 0.871. The molecule has 0 fully saturated rings. The third kappa shape index (κ3) is 4.26. The van der Waals surface area contributed by atoms with Crippen LogP contribution >= 0.6 is 11.3 Å². The Bertz CT molecular complexity index is 742. The van der Waals surface area contributed by atoms with Crippen molar-refractivity contribution in [1.82, 2.24) is 4.90 Å². The molecule has 1 aromatic carbocycles. The van der Waals surface area contributed by atoms with Crippen LogP contribution in [0.5, 0.6) is 11.5 Å². The Hall–Kier alpha value is -2.54. The number of carbonyl (C=O) groups excluding carboxylic acids is 2. The number of thiophene rings is 1. The monoisotopic (exact) mass is 348 g/mol. The van der Waals surface area contributed by atoms with Crippen LogP contribution in [0.2, 0.25) is 0 Å². The third-order valence-electron chi connectivity index (χ3n) is 3.33. The van der Waals surface area contributed by atoms with Crippen LogP contribution in [0, 0.1) is 0 Å². The molecule has 1 aromatic heterocycles. The van der Waals surface area contributed by atoms with E-state index in [2.05, 4.69) is 5.32 Å². The Labute approximate surface area is 145 Å².